The predicted molar refractivity (Wildman–Crippen MR) is 105 cm³/mol. The highest BCUT2D eigenvalue weighted by Gasteiger charge is 2.17. The monoisotopic (exact) mass is 370 g/mol. The summed E-state index contributed by atoms with van der Waals surface area (Å²) in [7, 11) is 1.60. The molecular formula is C20H26N4O3. The van der Waals surface area contributed by atoms with Crippen LogP contribution in [0.3, 0.4) is 0 Å². The minimum atomic E-state index is -0.682. The molecule has 0 aliphatic rings. The molecule has 2 N–H and O–H groups in total. The molecule has 27 heavy (non-hydrogen) atoms. The number of nitrogens with one attached hydrogen (secondary N) is 2. The minimum Gasteiger partial charge on any atom is -0.497 e. The van der Waals surface area contributed by atoms with E-state index in [2.05, 4.69) is 22.7 Å². The van der Waals surface area contributed by atoms with Gasteiger partial charge in [0.15, 0.2) is 0 Å². The van der Waals surface area contributed by atoms with E-state index in [1.807, 2.05) is 31.2 Å². The molecule has 2 unspecified atom stereocenters. The standard InChI is InChI=1S/C20H26N4O3/c1-5-14(2)24-18(12-13-21-24)23-20(26)15(3)22-19(25)11-8-16-6-9-17(27-4)10-7-16/h6-15H,5H2,1-4H3,(H,22,25)(H,23,26). The molecule has 1 heterocycles. The Kier molecular flexibility index (Phi) is 7.16. The van der Waals surface area contributed by atoms with Crippen LogP contribution in [0.4, 0.5) is 5.82 Å². The largest absolute Gasteiger partial charge is 0.497 e. The van der Waals surface area contributed by atoms with Crippen molar-refractivity contribution in [2.45, 2.75) is 39.3 Å². The first-order valence-corrected chi connectivity index (χ1v) is 8.91. The van der Waals surface area contributed by atoms with Crippen LogP contribution >= 0.6 is 0 Å². The summed E-state index contributed by atoms with van der Waals surface area (Å²) >= 11 is 0. The number of benzene rings is 1. The summed E-state index contributed by atoms with van der Waals surface area (Å²) in [4.78, 5) is 24.4. The number of methoxy groups -OCH3 is 1. The second kappa shape index (κ2) is 9.56. The van der Waals surface area contributed by atoms with Gasteiger partial charge in [-0.15, -0.1) is 0 Å². The lowest BCUT2D eigenvalue weighted by Gasteiger charge is -2.16. The smallest absolute Gasteiger partial charge is 0.247 e. The average Bonchev–Trinajstić information content (AvgIpc) is 3.14. The molecule has 0 aliphatic heterocycles. The van der Waals surface area contributed by atoms with Crippen LogP contribution in [0.15, 0.2) is 42.6 Å². The van der Waals surface area contributed by atoms with E-state index >= 15 is 0 Å². The first kappa shape index (κ1) is 20.2. The number of aromatic nitrogens is 2. The summed E-state index contributed by atoms with van der Waals surface area (Å²) < 4.78 is 6.85. The van der Waals surface area contributed by atoms with E-state index in [0.717, 1.165) is 17.7 Å². The van der Waals surface area contributed by atoms with Gasteiger partial charge in [0.2, 0.25) is 11.8 Å². The van der Waals surface area contributed by atoms with E-state index in [1.54, 1.807) is 37.1 Å². The predicted octanol–water partition coefficient (Wildman–Crippen LogP) is 3.02. The maximum Gasteiger partial charge on any atom is 0.247 e. The Labute approximate surface area is 159 Å². The van der Waals surface area contributed by atoms with Crippen molar-refractivity contribution in [3.05, 3.63) is 48.2 Å². The van der Waals surface area contributed by atoms with Gasteiger partial charge in [-0.3, -0.25) is 9.59 Å². The maximum absolute atomic E-state index is 12.3. The second-order valence-electron chi connectivity index (χ2n) is 6.24. The third-order valence-corrected chi connectivity index (χ3v) is 4.22. The SMILES string of the molecule is CCC(C)n1nccc1NC(=O)C(C)NC(=O)C=Cc1ccc(OC)cc1. The molecule has 2 rings (SSSR count). The topological polar surface area (TPSA) is 85.3 Å². The Morgan fingerprint density at radius 3 is 2.56 bits per heavy atom. The van der Waals surface area contributed by atoms with Gasteiger partial charge in [-0.2, -0.15) is 5.10 Å². The highest BCUT2D eigenvalue weighted by atomic mass is 16.5. The fourth-order valence-electron chi connectivity index (χ4n) is 2.39. The van der Waals surface area contributed by atoms with Gasteiger partial charge in [-0.1, -0.05) is 19.1 Å². The van der Waals surface area contributed by atoms with E-state index in [0.29, 0.717) is 5.82 Å². The lowest BCUT2D eigenvalue weighted by atomic mass is 10.2. The second-order valence-corrected chi connectivity index (χ2v) is 6.24. The Balaban J connectivity index is 1.90. The molecule has 2 amide bonds. The maximum atomic E-state index is 12.3. The van der Waals surface area contributed by atoms with Gasteiger partial charge in [-0.05, 0) is 44.0 Å². The molecule has 1 aromatic heterocycles. The number of nitrogens with zero attached hydrogens (tertiary/aromatic N) is 2. The molecule has 2 atom stereocenters. The Morgan fingerprint density at radius 2 is 1.93 bits per heavy atom. The molecule has 0 bridgehead atoms. The Bertz CT molecular complexity index is 796. The van der Waals surface area contributed by atoms with E-state index in [4.69, 9.17) is 4.74 Å². The first-order chi connectivity index (χ1) is 12.9. The van der Waals surface area contributed by atoms with Gasteiger partial charge < -0.3 is 15.4 Å². The molecule has 0 saturated heterocycles. The molecule has 2 aromatic rings. The normalized spacial score (nSPS) is 13.2. The minimum absolute atomic E-state index is 0.174. The fraction of sp³-hybridized carbons (Fsp3) is 0.350. The zero-order chi connectivity index (χ0) is 19.8. The lowest BCUT2D eigenvalue weighted by molar-refractivity contribution is -0.123. The van der Waals surface area contributed by atoms with Crippen molar-refractivity contribution >= 4 is 23.7 Å². The summed E-state index contributed by atoms with van der Waals surface area (Å²) in [6.07, 6.45) is 5.61. The van der Waals surface area contributed by atoms with Gasteiger partial charge in [0.1, 0.15) is 17.6 Å². The van der Waals surface area contributed by atoms with Gasteiger partial charge in [0.05, 0.1) is 19.3 Å². The highest BCUT2D eigenvalue weighted by Crippen LogP contribution is 2.16. The zero-order valence-corrected chi connectivity index (χ0v) is 16.1. The molecule has 1 aromatic carbocycles. The lowest BCUT2D eigenvalue weighted by Crippen LogP contribution is -2.41. The van der Waals surface area contributed by atoms with Crippen molar-refractivity contribution in [1.82, 2.24) is 15.1 Å². The quantitative estimate of drug-likeness (QED) is 0.700. The Morgan fingerprint density at radius 1 is 1.22 bits per heavy atom. The van der Waals surface area contributed by atoms with Crippen LogP contribution < -0.4 is 15.4 Å². The number of hydrogen-bond donors (Lipinski definition) is 2. The number of ether oxygens (including phenoxy) is 1. The summed E-state index contributed by atoms with van der Waals surface area (Å²) in [6, 6.07) is 8.54. The zero-order valence-electron chi connectivity index (χ0n) is 16.1. The van der Waals surface area contributed by atoms with Crippen molar-refractivity contribution in [3.8, 4) is 5.75 Å². The molecule has 144 valence electrons. The van der Waals surface area contributed by atoms with E-state index < -0.39 is 6.04 Å². The number of amides is 2. The van der Waals surface area contributed by atoms with Crippen LogP contribution in [0, 0.1) is 0 Å². The summed E-state index contributed by atoms with van der Waals surface area (Å²) in [5.74, 6) is 0.720. The number of anilines is 1. The van der Waals surface area contributed by atoms with Gasteiger partial charge in [-0.25, -0.2) is 4.68 Å². The molecule has 7 heteroatoms. The van der Waals surface area contributed by atoms with Crippen LogP contribution in [0.5, 0.6) is 5.75 Å². The number of carbonyl (C=O) groups is 2. The van der Waals surface area contributed by atoms with Gasteiger partial charge >= 0.3 is 0 Å². The number of carbonyl (C=O) groups excluding carboxylic acids is 2. The van der Waals surface area contributed by atoms with Crippen LogP contribution in [0.1, 0.15) is 38.8 Å². The van der Waals surface area contributed by atoms with Crippen LogP contribution in [-0.4, -0.2) is 34.7 Å². The molecule has 0 spiro atoms. The van der Waals surface area contributed by atoms with E-state index in [9.17, 15) is 9.59 Å². The third-order valence-electron chi connectivity index (χ3n) is 4.22. The van der Waals surface area contributed by atoms with Crippen molar-refractivity contribution in [2.75, 3.05) is 12.4 Å². The molecule has 0 saturated carbocycles. The highest BCUT2D eigenvalue weighted by molar-refractivity contribution is 5.99. The summed E-state index contributed by atoms with van der Waals surface area (Å²) in [6.45, 7) is 5.71. The van der Waals surface area contributed by atoms with Crippen molar-refractivity contribution < 1.29 is 14.3 Å². The fourth-order valence-corrected chi connectivity index (χ4v) is 2.39. The Hall–Kier alpha value is -3.09. The van der Waals surface area contributed by atoms with Crippen LogP contribution in [0.2, 0.25) is 0 Å². The van der Waals surface area contributed by atoms with Crippen molar-refractivity contribution in [2.24, 2.45) is 0 Å². The summed E-state index contributed by atoms with van der Waals surface area (Å²) in [5, 5.41) is 9.69. The average molecular weight is 370 g/mol. The van der Waals surface area contributed by atoms with E-state index in [-0.39, 0.29) is 17.9 Å². The van der Waals surface area contributed by atoms with Crippen molar-refractivity contribution in [1.29, 1.82) is 0 Å². The third kappa shape index (κ3) is 5.70. The summed E-state index contributed by atoms with van der Waals surface area (Å²) in [5.41, 5.74) is 0.862. The van der Waals surface area contributed by atoms with Gasteiger partial charge in [0, 0.05) is 12.1 Å². The molecule has 7 nitrogen and oxygen atoms in total. The molecule has 0 aliphatic carbocycles. The molecular weight excluding hydrogens is 344 g/mol. The van der Waals surface area contributed by atoms with Gasteiger partial charge in [0.25, 0.3) is 0 Å². The molecule has 0 radical (unpaired) electrons. The first-order valence-electron chi connectivity index (χ1n) is 8.91. The van der Waals surface area contributed by atoms with E-state index in [1.165, 1.54) is 6.08 Å². The van der Waals surface area contributed by atoms with Crippen LogP contribution in [0.25, 0.3) is 6.08 Å². The molecule has 0 fully saturated rings. The number of hydrogen-bond acceptors (Lipinski definition) is 4. The number of rotatable bonds is 8. The van der Waals surface area contributed by atoms with Crippen LogP contribution in [-0.2, 0) is 9.59 Å². The van der Waals surface area contributed by atoms with Crippen molar-refractivity contribution in [3.63, 3.8) is 0 Å².